The van der Waals surface area contributed by atoms with Gasteiger partial charge in [-0.1, -0.05) is 23.2 Å². The van der Waals surface area contributed by atoms with Gasteiger partial charge in [-0.2, -0.15) is 0 Å². The highest BCUT2D eigenvalue weighted by Gasteiger charge is 2.57. The van der Waals surface area contributed by atoms with Crippen molar-refractivity contribution in [2.24, 2.45) is 0 Å². The number of halogens is 2. The lowest BCUT2D eigenvalue weighted by molar-refractivity contribution is -0.332. The Hall–Kier alpha value is -0.0400. The zero-order chi connectivity index (χ0) is 14.7. The van der Waals surface area contributed by atoms with E-state index in [-0.39, 0.29) is 22.8 Å². The molecular formula is C13H18Cl2O5. The third-order valence-electron chi connectivity index (χ3n) is 3.56. The zero-order valence-electron chi connectivity index (χ0n) is 11.8. The van der Waals surface area contributed by atoms with E-state index < -0.39 is 17.7 Å². The molecule has 114 valence electrons. The molecule has 0 bridgehead atoms. The van der Waals surface area contributed by atoms with Gasteiger partial charge in [-0.05, 0) is 27.7 Å². The molecule has 3 rings (SSSR count). The first-order valence-electron chi connectivity index (χ1n) is 6.58. The monoisotopic (exact) mass is 324 g/mol. The maximum Gasteiger partial charge on any atom is 0.164 e. The molecule has 5 nitrogen and oxygen atoms in total. The molecule has 3 unspecified atom stereocenters. The Morgan fingerprint density at radius 3 is 2.30 bits per heavy atom. The zero-order valence-corrected chi connectivity index (χ0v) is 13.3. The maximum absolute atomic E-state index is 5.96. The Morgan fingerprint density at radius 2 is 1.65 bits per heavy atom. The first-order valence-corrected chi connectivity index (χ1v) is 7.33. The number of rotatable bonds is 0. The third-order valence-corrected chi connectivity index (χ3v) is 3.93. The van der Waals surface area contributed by atoms with Crippen molar-refractivity contribution in [1.82, 2.24) is 0 Å². The molecule has 3 heterocycles. The van der Waals surface area contributed by atoms with Crippen LogP contribution < -0.4 is 0 Å². The highest BCUT2D eigenvalue weighted by atomic mass is 35.5. The molecule has 4 atom stereocenters. The predicted octanol–water partition coefficient (Wildman–Crippen LogP) is 2.70. The molecule has 0 aliphatic carbocycles. The van der Waals surface area contributed by atoms with Crippen LogP contribution in [0.25, 0.3) is 0 Å². The second-order valence-electron chi connectivity index (χ2n) is 6.10. The summed E-state index contributed by atoms with van der Waals surface area (Å²) in [5.41, 5.74) is 0. The van der Waals surface area contributed by atoms with Crippen LogP contribution in [0.1, 0.15) is 27.7 Å². The van der Waals surface area contributed by atoms with Crippen molar-refractivity contribution in [1.29, 1.82) is 0 Å². The smallest absolute Gasteiger partial charge is 0.164 e. The van der Waals surface area contributed by atoms with E-state index in [0.717, 1.165) is 0 Å². The van der Waals surface area contributed by atoms with Crippen LogP contribution in [-0.4, -0.2) is 42.6 Å². The van der Waals surface area contributed by atoms with Crippen LogP contribution in [0.2, 0.25) is 0 Å². The molecule has 0 aromatic heterocycles. The van der Waals surface area contributed by atoms with Crippen LogP contribution in [0.5, 0.6) is 0 Å². The minimum atomic E-state index is -0.742. The molecule has 0 amide bonds. The normalized spacial score (nSPS) is 41.6. The highest BCUT2D eigenvalue weighted by molar-refractivity contribution is 6.56. The van der Waals surface area contributed by atoms with Gasteiger partial charge in [0.15, 0.2) is 23.4 Å². The predicted molar refractivity (Wildman–Crippen MR) is 72.3 cm³/mol. The van der Waals surface area contributed by atoms with E-state index in [2.05, 4.69) is 0 Å². The lowest BCUT2D eigenvalue weighted by Crippen LogP contribution is -2.60. The van der Waals surface area contributed by atoms with E-state index in [4.69, 9.17) is 46.9 Å². The number of ether oxygens (including phenoxy) is 5. The fourth-order valence-corrected chi connectivity index (χ4v) is 3.11. The molecule has 0 radical (unpaired) electrons. The van der Waals surface area contributed by atoms with Crippen molar-refractivity contribution < 1.29 is 23.7 Å². The fourth-order valence-electron chi connectivity index (χ4n) is 2.81. The molecule has 3 aliphatic rings. The van der Waals surface area contributed by atoms with Crippen molar-refractivity contribution >= 4 is 23.2 Å². The standard InChI is InChI=1S/C13H18Cl2O5/c1-12(2)16-5-6-7(18-12)8-9(10(17-6)11(14)15)20-13(3,4)19-8/h6-9H,5H2,1-4H3/t6?,7-,8?,9?/m1/s1. The average molecular weight is 325 g/mol. The Labute approximate surface area is 128 Å². The molecule has 20 heavy (non-hydrogen) atoms. The van der Waals surface area contributed by atoms with Gasteiger partial charge in [-0.25, -0.2) is 0 Å². The van der Waals surface area contributed by atoms with Gasteiger partial charge in [0, 0.05) is 0 Å². The molecule has 0 aromatic rings. The minimum Gasteiger partial charge on any atom is -0.484 e. The summed E-state index contributed by atoms with van der Waals surface area (Å²) in [7, 11) is 0. The average Bonchev–Trinajstić information content (AvgIpc) is 2.62. The van der Waals surface area contributed by atoms with Crippen LogP contribution in [0.3, 0.4) is 0 Å². The van der Waals surface area contributed by atoms with Gasteiger partial charge in [0.2, 0.25) is 0 Å². The van der Waals surface area contributed by atoms with Crippen molar-refractivity contribution in [3.8, 4) is 0 Å². The van der Waals surface area contributed by atoms with E-state index in [1.807, 2.05) is 27.7 Å². The summed E-state index contributed by atoms with van der Waals surface area (Å²) in [4.78, 5) is 0. The van der Waals surface area contributed by atoms with Gasteiger partial charge in [0.05, 0.1) is 6.61 Å². The molecule has 7 heteroatoms. The van der Waals surface area contributed by atoms with Gasteiger partial charge >= 0.3 is 0 Å². The maximum atomic E-state index is 5.96. The summed E-state index contributed by atoms with van der Waals surface area (Å²) in [6, 6.07) is 0. The van der Waals surface area contributed by atoms with Gasteiger partial charge in [0.25, 0.3) is 0 Å². The Morgan fingerprint density at radius 1 is 1.00 bits per heavy atom. The molecular weight excluding hydrogens is 307 g/mol. The van der Waals surface area contributed by atoms with Crippen LogP contribution in [0, 0.1) is 0 Å². The van der Waals surface area contributed by atoms with Gasteiger partial charge in [-0.3, -0.25) is 0 Å². The minimum absolute atomic E-state index is 0.0459. The van der Waals surface area contributed by atoms with Crippen LogP contribution >= 0.6 is 23.2 Å². The summed E-state index contributed by atoms with van der Waals surface area (Å²) in [5, 5.41) is 0. The summed E-state index contributed by atoms with van der Waals surface area (Å²) >= 11 is 11.8. The molecule has 3 fully saturated rings. The highest BCUT2D eigenvalue weighted by Crippen LogP contribution is 2.44. The second-order valence-corrected chi connectivity index (χ2v) is 7.04. The molecule has 0 aromatic carbocycles. The van der Waals surface area contributed by atoms with Crippen LogP contribution in [0.15, 0.2) is 10.3 Å². The van der Waals surface area contributed by atoms with E-state index in [9.17, 15) is 0 Å². The van der Waals surface area contributed by atoms with Crippen molar-refractivity contribution in [2.75, 3.05) is 6.61 Å². The van der Waals surface area contributed by atoms with Crippen molar-refractivity contribution in [3.05, 3.63) is 10.3 Å². The summed E-state index contributed by atoms with van der Waals surface area (Å²) in [6.07, 6.45) is -1.40. The van der Waals surface area contributed by atoms with E-state index in [1.54, 1.807) is 0 Å². The van der Waals surface area contributed by atoms with Crippen LogP contribution in [-0.2, 0) is 23.7 Å². The molecule has 3 saturated heterocycles. The Bertz CT molecular complexity index is 444. The largest absolute Gasteiger partial charge is 0.484 e. The van der Waals surface area contributed by atoms with Gasteiger partial charge in [-0.15, -0.1) is 0 Å². The van der Waals surface area contributed by atoms with E-state index in [1.165, 1.54) is 0 Å². The topological polar surface area (TPSA) is 46.2 Å². The van der Waals surface area contributed by atoms with E-state index >= 15 is 0 Å². The molecule has 0 saturated carbocycles. The van der Waals surface area contributed by atoms with Crippen molar-refractivity contribution in [2.45, 2.75) is 63.7 Å². The lowest BCUT2D eigenvalue weighted by Gasteiger charge is -2.46. The number of hydrogen-bond acceptors (Lipinski definition) is 5. The van der Waals surface area contributed by atoms with Gasteiger partial charge in [0.1, 0.15) is 22.8 Å². The Kier molecular flexibility index (Phi) is 3.52. The third kappa shape index (κ3) is 2.56. The molecule has 0 spiro atoms. The first-order chi connectivity index (χ1) is 9.19. The fraction of sp³-hybridized carbons (Fsp3) is 0.846. The summed E-state index contributed by atoms with van der Waals surface area (Å²) in [6.45, 7) is 7.78. The quantitative estimate of drug-likeness (QED) is 0.685. The van der Waals surface area contributed by atoms with E-state index in [0.29, 0.717) is 12.4 Å². The molecule has 3 aliphatic heterocycles. The Balaban J connectivity index is 1.93. The number of hydrogen-bond donors (Lipinski definition) is 0. The first kappa shape index (κ1) is 14.9. The summed E-state index contributed by atoms with van der Waals surface area (Å²) < 4.78 is 29.2. The lowest BCUT2D eigenvalue weighted by atomic mass is 9.97. The second kappa shape index (κ2) is 4.73. The van der Waals surface area contributed by atoms with Crippen molar-refractivity contribution in [3.63, 3.8) is 0 Å². The SMILES string of the molecule is CC1(C)OC2C(=C(Cl)Cl)OC3COC(C)(C)O[C@H]3C2O1. The molecule has 0 N–H and O–H groups in total. The van der Waals surface area contributed by atoms with Gasteiger partial charge < -0.3 is 23.7 Å². The number of fused-ring (bicyclic) bond motifs is 3. The van der Waals surface area contributed by atoms with Crippen LogP contribution in [0.4, 0.5) is 0 Å². The summed E-state index contributed by atoms with van der Waals surface area (Å²) in [5.74, 6) is -1.04.